The van der Waals surface area contributed by atoms with Gasteiger partial charge in [-0.15, -0.1) is 0 Å². The molecule has 1 aromatic carbocycles. The number of ether oxygens (including phenoxy) is 1. The Balaban J connectivity index is 1.08. The number of hydrogen-bond acceptors (Lipinski definition) is 6. The number of allylic oxidation sites excluding steroid dienone is 2. The number of nitrogens with zero attached hydrogens (tertiary/aromatic N) is 3. The predicted molar refractivity (Wildman–Crippen MR) is 187 cm³/mol. The first-order chi connectivity index (χ1) is 22.4. The van der Waals surface area contributed by atoms with E-state index in [0.717, 1.165) is 73.7 Å². The van der Waals surface area contributed by atoms with Crippen LogP contribution in [0.5, 0.6) is 11.8 Å². The monoisotopic (exact) mass is 653 g/mol. The Morgan fingerprint density at radius 3 is 1.85 bits per heavy atom. The molecule has 3 unspecified atom stereocenters. The van der Waals surface area contributed by atoms with Crippen LogP contribution in [0, 0.1) is 0 Å². The molecule has 2 aliphatic carbocycles. The number of benzene rings is 1. The van der Waals surface area contributed by atoms with Gasteiger partial charge in [0, 0.05) is 72.8 Å². The van der Waals surface area contributed by atoms with Gasteiger partial charge in [-0.1, -0.05) is 108 Å². The molecule has 0 amide bonds. The third kappa shape index (κ3) is 9.25. The molecule has 0 spiro atoms. The summed E-state index contributed by atoms with van der Waals surface area (Å²) >= 11 is 6.09. The lowest BCUT2D eigenvalue weighted by Crippen LogP contribution is -2.49. The largest absolute Gasteiger partial charge is 0.494 e. The Morgan fingerprint density at radius 2 is 1.30 bits per heavy atom. The first-order valence-corrected chi connectivity index (χ1v) is 18.6. The summed E-state index contributed by atoms with van der Waals surface area (Å²) in [6.45, 7) is 6.47. The molecule has 2 bridgehead atoms. The molecular formula is C38H56ClN3O4. The molecule has 8 heteroatoms. The summed E-state index contributed by atoms with van der Waals surface area (Å²) in [5.41, 5.74) is 2.85. The van der Waals surface area contributed by atoms with E-state index >= 15 is 0 Å². The molecule has 1 aromatic heterocycles. The van der Waals surface area contributed by atoms with Gasteiger partial charge in [0.05, 0.1) is 6.54 Å². The third-order valence-corrected chi connectivity index (χ3v) is 10.6. The zero-order valence-corrected chi connectivity index (χ0v) is 28.7. The number of aromatic nitrogens is 1. The van der Waals surface area contributed by atoms with Crippen molar-refractivity contribution in [2.75, 3.05) is 37.6 Å². The first-order valence-electron chi connectivity index (χ1n) is 18.2. The van der Waals surface area contributed by atoms with E-state index in [4.69, 9.17) is 16.3 Å². The number of halogens is 1. The van der Waals surface area contributed by atoms with Gasteiger partial charge in [0.2, 0.25) is 0 Å². The number of hydrogen-bond donors (Lipinski definition) is 2. The Bertz CT molecular complexity index is 1230. The summed E-state index contributed by atoms with van der Waals surface area (Å²) in [6, 6.07) is 7.95. The van der Waals surface area contributed by atoms with E-state index in [1.807, 2.05) is 12.1 Å². The summed E-state index contributed by atoms with van der Waals surface area (Å²) < 4.78 is 7.67. The normalized spacial score (nSPS) is 19.6. The van der Waals surface area contributed by atoms with E-state index < -0.39 is 6.10 Å². The van der Waals surface area contributed by atoms with Crippen molar-refractivity contribution < 1.29 is 19.7 Å². The fourth-order valence-electron chi connectivity index (χ4n) is 7.66. The molecule has 3 atom stereocenters. The van der Waals surface area contributed by atoms with Gasteiger partial charge in [-0.2, -0.15) is 0 Å². The number of piperazine rings is 1. The first kappa shape index (κ1) is 34.7. The highest BCUT2D eigenvalue weighted by molar-refractivity contribution is 6.30. The standard InChI is InChI=1S/C38H56ClN3O4/c1-2-3-4-5-6-7-8-9-10-11-12-13-14-15-34(43)46-33(27-40-22-24-41(25-23-40)32-20-18-31(39)19-21-32)28-42-37(44)35-29-16-17-30(26-29)36(35)38(42)45/h16-21,29-30,33,44-45H,2-15,22-28H2,1H3. The molecule has 2 N–H and O–H groups in total. The second kappa shape index (κ2) is 17.5. The van der Waals surface area contributed by atoms with Crippen LogP contribution in [0.4, 0.5) is 5.69 Å². The summed E-state index contributed by atoms with van der Waals surface area (Å²) in [5.74, 6) is 0.367. The predicted octanol–water partition coefficient (Wildman–Crippen LogP) is 8.91. The van der Waals surface area contributed by atoms with Crippen molar-refractivity contribution in [3.8, 4) is 11.8 Å². The van der Waals surface area contributed by atoms with Gasteiger partial charge in [0.25, 0.3) is 0 Å². The van der Waals surface area contributed by atoms with Crippen molar-refractivity contribution in [2.45, 2.75) is 128 Å². The van der Waals surface area contributed by atoms with E-state index in [1.165, 1.54) is 64.2 Å². The molecule has 254 valence electrons. The second-order valence-electron chi connectivity index (χ2n) is 13.8. The maximum absolute atomic E-state index is 13.1. The number of unbranched alkanes of at least 4 members (excludes halogenated alkanes) is 12. The van der Waals surface area contributed by atoms with Crippen LogP contribution in [0.1, 0.15) is 126 Å². The molecule has 0 radical (unpaired) electrons. The van der Waals surface area contributed by atoms with Gasteiger partial charge in [-0.25, -0.2) is 0 Å². The summed E-state index contributed by atoms with van der Waals surface area (Å²) in [4.78, 5) is 17.7. The van der Waals surface area contributed by atoms with E-state index in [-0.39, 0.29) is 36.1 Å². The average Bonchev–Trinajstić information content (AvgIpc) is 3.74. The highest BCUT2D eigenvalue weighted by Crippen LogP contribution is 2.56. The van der Waals surface area contributed by atoms with Gasteiger partial charge in [-0.3, -0.25) is 14.3 Å². The van der Waals surface area contributed by atoms with Crippen LogP contribution < -0.4 is 4.90 Å². The quantitative estimate of drug-likeness (QED) is 0.0844. The van der Waals surface area contributed by atoms with E-state index in [9.17, 15) is 15.0 Å². The Morgan fingerprint density at radius 1 is 0.783 bits per heavy atom. The van der Waals surface area contributed by atoms with Crippen LogP contribution in [-0.4, -0.2) is 64.5 Å². The van der Waals surface area contributed by atoms with Gasteiger partial charge < -0.3 is 19.8 Å². The molecule has 2 heterocycles. The molecule has 46 heavy (non-hydrogen) atoms. The van der Waals surface area contributed by atoms with Crippen LogP contribution in [0.15, 0.2) is 36.4 Å². The van der Waals surface area contributed by atoms with Crippen molar-refractivity contribution in [1.82, 2.24) is 9.47 Å². The minimum absolute atomic E-state index is 0.120. The molecule has 1 saturated heterocycles. The van der Waals surface area contributed by atoms with Crippen LogP contribution in [-0.2, 0) is 16.1 Å². The number of fused-ring (bicyclic) bond motifs is 5. The zero-order valence-electron chi connectivity index (χ0n) is 28.0. The van der Waals surface area contributed by atoms with Gasteiger partial charge >= 0.3 is 5.97 Å². The molecule has 1 aliphatic heterocycles. The second-order valence-corrected chi connectivity index (χ2v) is 14.2. The van der Waals surface area contributed by atoms with Gasteiger partial charge in [-0.05, 0) is 37.1 Å². The highest BCUT2D eigenvalue weighted by Gasteiger charge is 2.41. The lowest BCUT2D eigenvalue weighted by Gasteiger charge is -2.37. The lowest BCUT2D eigenvalue weighted by molar-refractivity contribution is -0.151. The molecule has 3 aliphatic rings. The van der Waals surface area contributed by atoms with Crippen LogP contribution in [0.2, 0.25) is 5.02 Å². The fourth-order valence-corrected chi connectivity index (χ4v) is 7.79. The van der Waals surface area contributed by atoms with E-state index in [0.29, 0.717) is 13.0 Å². The Labute approximate surface area is 281 Å². The fraction of sp³-hybridized carbons (Fsp3) is 0.658. The lowest BCUT2D eigenvalue weighted by atomic mass is 10.0. The van der Waals surface area contributed by atoms with Crippen LogP contribution in [0.3, 0.4) is 0 Å². The zero-order chi connectivity index (χ0) is 32.3. The summed E-state index contributed by atoms with van der Waals surface area (Å²) in [7, 11) is 0. The molecule has 2 aromatic rings. The van der Waals surface area contributed by atoms with Crippen molar-refractivity contribution in [3.05, 3.63) is 52.6 Å². The summed E-state index contributed by atoms with van der Waals surface area (Å²) in [5, 5.41) is 23.0. The minimum Gasteiger partial charge on any atom is -0.494 e. The molecular weight excluding hydrogens is 598 g/mol. The van der Waals surface area contributed by atoms with Gasteiger partial charge in [0.1, 0.15) is 6.10 Å². The molecule has 0 saturated carbocycles. The van der Waals surface area contributed by atoms with E-state index in [1.54, 1.807) is 4.57 Å². The number of esters is 1. The molecule has 5 rings (SSSR count). The third-order valence-electron chi connectivity index (χ3n) is 10.3. The van der Waals surface area contributed by atoms with Crippen LogP contribution in [0.25, 0.3) is 0 Å². The topological polar surface area (TPSA) is 78.2 Å². The Kier molecular flexibility index (Phi) is 13.2. The van der Waals surface area contributed by atoms with Crippen molar-refractivity contribution in [3.63, 3.8) is 0 Å². The molecule has 7 nitrogen and oxygen atoms in total. The maximum Gasteiger partial charge on any atom is 0.306 e. The van der Waals surface area contributed by atoms with Crippen molar-refractivity contribution in [1.29, 1.82) is 0 Å². The summed E-state index contributed by atoms with van der Waals surface area (Å²) in [6.07, 6.45) is 21.6. The number of carbonyl (C=O) groups excluding carboxylic acids is 1. The SMILES string of the molecule is CCCCCCCCCCCCCCCC(=O)OC(CN1CCN(c2ccc(Cl)cc2)CC1)Cn1c(O)c2c(c1O)C1C=CC2C1. The maximum atomic E-state index is 13.1. The van der Waals surface area contributed by atoms with E-state index in [2.05, 4.69) is 41.0 Å². The van der Waals surface area contributed by atoms with Crippen molar-refractivity contribution in [2.24, 2.45) is 0 Å². The number of aromatic hydroxyl groups is 2. The van der Waals surface area contributed by atoms with Crippen LogP contribution >= 0.6 is 11.6 Å². The number of carbonyl (C=O) groups is 1. The average molecular weight is 654 g/mol. The number of rotatable bonds is 20. The molecule has 1 fully saturated rings. The number of anilines is 1. The smallest absolute Gasteiger partial charge is 0.306 e. The highest BCUT2D eigenvalue weighted by atomic mass is 35.5. The van der Waals surface area contributed by atoms with Gasteiger partial charge in [0.15, 0.2) is 11.8 Å². The van der Waals surface area contributed by atoms with Crippen molar-refractivity contribution >= 4 is 23.3 Å². The minimum atomic E-state index is -0.466. The Hall–Kier alpha value is -2.64.